The second-order valence-electron chi connectivity index (χ2n) is 16.8. The number of carbonyl (C=O) groups is 1. The highest BCUT2D eigenvalue weighted by Crippen LogP contribution is 2.47. The van der Waals surface area contributed by atoms with Crippen molar-refractivity contribution in [2.24, 2.45) is 0 Å². The maximum atomic E-state index is 14.2. The maximum Gasteiger partial charge on any atom is 0.407 e. The summed E-state index contributed by atoms with van der Waals surface area (Å²) in [6.45, 7) is 0.144. The van der Waals surface area contributed by atoms with Crippen molar-refractivity contribution in [3.63, 3.8) is 0 Å². The Bertz CT molecular complexity index is 2780. The molecule has 9 heteroatoms. The smallest absolute Gasteiger partial charge is 0.407 e. The second kappa shape index (κ2) is 21.0. The zero-order valence-electron chi connectivity index (χ0n) is 39.2. The van der Waals surface area contributed by atoms with E-state index in [1.165, 1.54) is 0 Å². The Labute approximate surface area is 404 Å². The van der Waals surface area contributed by atoms with Crippen LogP contribution in [0.3, 0.4) is 0 Å². The number of alkyl carbamates (subject to hydrolysis) is 1. The predicted octanol–water partition coefficient (Wildman–Crippen LogP) is 11.9. The molecule has 9 rings (SSSR count). The molecule has 0 bridgehead atoms. The molecule has 0 aliphatic heterocycles. The maximum absolute atomic E-state index is 14.2. The number of carbonyl (C=O) groups excluding carboxylic acids is 1. The monoisotopic (exact) mass is 917 g/mol. The standard InChI is InChI=1S/C60H55NO8/c1-63-48-31-23-44(24-32-48)59(42-15-7-5-8-16-42,45-25-33-49(64-2)34-26-45)68-40-52(39-61-58(62)67-41-57-55-21-13-11-19-53(55)54-20-12-14-22-56(54)57)69-60(43-17-9-6-10-18-43,46-27-35-50(65-3)36-28-46)47-29-37-51(66-4)38-30-47/h5-38,52,57H,39-41H2,1-4H3,(H,61,62). The summed E-state index contributed by atoms with van der Waals surface area (Å²) in [5.74, 6) is 2.68. The van der Waals surface area contributed by atoms with E-state index in [1.54, 1.807) is 28.4 Å². The lowest BCUT2D eigenvalue weighted by molar-refractivity contribution is -0.107. The van der Waals surface area contributed by atoms with Gasteiger partial charge in [0.2, 0.25) is 0 Å². The molecule has 8 aromatic carbocycles. The third-order valence-electron chi connectivity index (χ3n) is 13.0. The number of hydrogen-bond donors (Lipinski definition) is 1. The van der Waals surface area contributed by atoms with Gasteiger partial charge in [-0.25, -0.2) is 4.79 Å². The highest BCUT2D eigenvalue weighted by molar-refractivity contribution is 5.79. The van der Waals surface area contributed by atoms with Crippen LogP contribution in [0.4, 0.5) is 4.79 Å². The first-order valence-corrected chi connectivity index (χ1v) is 23.0. The lowest BCUT2D eigenvalue weighted by atomic mass is 9.79. The van der Waals surface area contributed by atoms with Crippen LogP contribution in [0.5, 0.6) is 23.0 Å². The van der Waals surface area contributed by atoms with Crippen LogP contribution in [0.1, 0.15) is 50.4 Å². The summed E-state index contributed by atoms with van der Waals surface area (Å²) in [6, 6.07) is 68.3. The first-order valence-electron chi connectivity index (χ1n) is 23.0. The molecule has 9 nitrogen and oxygen atoms in total. The topological polar surface area (TPSA) is 93.7 Å². The van der Waals surface area contributed by atoms with Gasteiger partial charge in [0.25, 0.3) is 0 Å². The Kier molecular flexibility index (Phi) is 14.1. The number of hydrogen-bond acceptors (Lipinski definition) is 8. The van der Waals surface area contributed by atoms with Crippen LogP contribution in [0, 0.1) is 0 Å². The molecule has 0 heterocycles. The van der Waals surface area contributed by atoms with E-state index < -0.39 is 23.4 Å². The second-order valence-corrected chi connectivity index (χ2v) is 16.8. The van der Waals surface area contributed by atoms with Crippen molar-refractivity contribution in [2.45, 2.75) is 23.2 Å². The zero-order valence-corrected chi connectivity index (χ0v) is 39.2. The van der Waals surface area contributed by atoms with Gasteiger partial charge in [0, 0.05) is 12.5 Å². The summed E-state index contributed by atoms with van der Waals surface area (Å²) < 4.78 is 43.9. The number of ether oxygens (including phenoxy) is 7. The van der Waals surface area contributed by atoms with Crippen LogP contribution in [0.2, 0.25) is 0 Å². The average Bonchev–Trinajstić information content (AvgIpc) is 3.75. The normalized spacial score (nSPS) is 12.6. The highest BCUT2D eigenvalue weighted by atomic mass is 16.6. The van der Waals surface area contributed by atoms with Crippen molar-refractivity contribution in [1.82, 2.24) is 5.32 Å². The Morgan fingerprint density at radius 1 is 0.449 bits per heavy atom. The lowest BCUT2D eigenvalue weighted by Gasteiger charge is -2.41. The van der Waals surface area contributed by atoms with E-state index in [-0.39, 0.29) is 25.7 Å². The largest absolute Gasteiger partial charge is 0.497 e. The van der Waals surface area contributed by atoms with Crippen molar-refractivity contribution in [1.29, 1.82) is 0 Å². The molecular weight excluding hydrogens is 863 g/mol. The molecule has 1 atom stereocenters. The summed E-state index contributed by atoms with van der Waals surface area (Å²) >= 11 is 0. The molecule has 0 aromatic heterocycles. The number of nitrogens with one attached hydrogen (secondary N) is 1. The number of benzene rings is 8. The molecule has 348 valence electrons. The lowest BCUT2D eigenvalue weighted by Crippen LogP contribution is -2.46. The Hall–Kier alpha value is -7.85. The first kappa shape index (κ1) is 46.3. The summed E-state index contributed by atoms with van der Waals surface area (Å²) in [5, 5.41) is 3.11. The minimum Gasteiger partial charge on any atom is -0.497 e. The van der Waals surface area contributed by atoms with E-state index in [1.807, 2.05) is 170 Å². The van der Waals surface area contributed by atoms with Crippen molar-refractivity contribution in [3.8, 4) is 34.1 Å². The SMILES string of the molecule is COc1ccc(C(OCC(CNC(=O)OCC2c3ccccc3-c3ccccc32)OC(c2ccccc2)(c2ccc(OC)cc2)c2ccc(OC)cc2)(c2ccccc2)c2ccc(OC)cc2)cc1. The van der Waals surface area contributed by atoms with Crippen LogP contribution >= 0.6 is 0 Å². The first-order chi connectivity index (χ1) is 33.9. The number of methoxy groups -OCH3 is 4. The predicted molar refractivity (Wildman–Crippen MR) is 269 cm³/mol. The molecule has 0 saturated heterocycles. The fourth-order valence-electron chi connectivity index (χ4n) is 9.55. The quantitative estimate of drug-likeness (QED) is 0.0802. The van der Waals surface area contributed by atoms with Crippen LogP contribution in [0.15, 0.2) is 206 Å². The third kappa shape index (κ3) is 9.39. The molecule has 0 fully saturated rings. The van der Waals surface area contributed by atoms with Crippen LogP contribution in [-0.4, -0.2) is 60.4 Å². The molecule has 0 spiro atoms. The van der Waals surface area contributed by atoms with Gasteiger partial charge in [-0.15, -0.1) is 0 Å². The minimum absolute atomic E-state index is 0.00760. The van der Waals surface area contributed by atoms with Gasteiger partial charge in [0.05, 0.1) is 35.0 Å². The van der Waals surface area contributed by atoms with E-state index in [9.17, 15) is 4.79 Å². The zero-order chi connectivity index (χ0) is 47.6. The molecular formula is C60H55NO8. The van der Waals surface area contributed by atoms with E-state index in [4.69, 9.17) is 33.2 Å². The molecule has 1 N–H and O–H groups in total. The fourth-order valence-corrected chi connectivity index (χ4v) is 9.55. The van der Waals surface area contributed by atoms with Gasteiger partial charge in [-0.1, -0.05) is 158 Å². The molecule has 69 heavy (non-hydrogen) atoms. The molecule has 1 unspecified atom stereocenters. The van der Waals surface area contributed by atoms with Crippen LogP contribution in [-0.2, 0) is 25.4 Å². The summed E-state index contributed by atoms with van der Waals surface area (Å²) in [7, 11) is 6.59. The van der Waals surface area contributed by atoms with Gasteiger partial charge in [0.15, 0.2) is 0 Å². The van der Waals surface area contributed by atoms with Crippen molar-refractivity contribution in [3.05, 3.63) is 251 Å². The van der Waals surface area contributed by atoms with Gasteiger partial charge in [-0.05, 0) is 104 Å². The molecule has 0 saturated carbocycles. The van der Waals surface area contributed by atoms with Crippen molar-refractivity contribution < 1.29 is 38.0 Å². The Morgan fingerprint density at radius 3 is 1.20 bits per heavy atom. The number of rotatable bonds is 19. The van der Waals surface area contributed by atoms with Gasteiger partial charge in [0.1, 0.15) is 46.9 Å². The van der Waals surface area contributed by atoms with Crippen molar-refractivity contribution in [2.75, 3.05) is 48.2 Å². The van der Waals surface area contributed by atoms with Crippen molar-refractivity contribution >= 4 is 6.09 Å². The molecule has 1 aliphatic carbocycles. The molecule has 0 radical (unpaired) electrons. The molecule has 1 amide bonds. The number of fused-ring (bicyclic) bond motifs is 3. The third-order valence-corrected chi connectivity index (χ3v) is 13.0. The van der Waals surface area contributed by atoms with E-state index in [0.717, 1.165) is 55.6 Å². The highest BCUT2D eigenvalue weighted by Gasteiger charge is 2.43. The van der Waals surface area contributed by atoms with Gasteiger partial charge >= 0.3 is 6.09 Å². The van der Waals surface area contributed by atoms with Gasteiger partial charge < -0.3 is 38.5 Å². The Balaban J connectivity index is 1.14. The van der Waals surface area contributed by atoms with Gasteiger partial charge in [-0.2, -0.15) is 0 Å². The average molecular weight is 918 g/mol. The van der Waals surface area contributed by atoms with E-state index in [2.05, 4.69) is 41.7 Å². The molecule has 8 aromatic rings. The fraction of sp³-hybridized carbons (Fsp3) is 0.183. The van der Waals surface area contributed by atoms with Crippen LogP contribution < -0.4 is 24.3 Å². The van der Waals surface area contributed by atoms with E-state index >= 15 is 0 Å². The Morgan fingerprint density at radius 2 is 0.797 bits per heavy atom. The minimum atomic E-state index is -1.26. The summed E-state index contributed by atoms with van der Waals surface area (Å²) in [5.41, 5.74) is 7.18. The van der Waals surface area contributed by atoms with Gasteiger partial charge in [-0.3, -0.25) is 0 Å². The van der Waals surface area contributed by atoms with E-state index in [0.29, 0.717) is 23.0 Å². The number of amides is 1. The summed E-state index contributed by atoms with van der Waals surface area (Å²) in [6.07, 6.45) is -1.40. The summed E-state index contributed by atoms with van der Waals surface area (Å²) in [4.78, 5) is 14.2. The van der Waals surface area contributed by atoms with Crippen LogP contribution in [0.25, 0.3) is 11.1 Å². The molecule has 1 aliphatic rings.